The average molecular weight is 451 g/mol. The van der Waals surface area contributed by atoms with E-state index in [0.29, 0.717) is 17.7 Å². The lowest BCUT2D eigenvalue weighted by Gasteiger charge is -2.39. The monoisotopic (exact) mass is 451 g/mol. The van der Waals surface area contributed by atoms with Crippen molar-refractivity contribution in [2.75, 3.05) is 44.7 Å². The first kappa shape index (κ1) is 22.5. The molecule has 1 saturated heterocycles. The molecule has 1 amide bonds. The average Bonchev–Trinajstić information content (AvgIpc) is 3.39. The fourth-order valence-electron chi connectivity index (χ4n) is 4.00. The maximum atomic E-state index is 13.2. The van der Waals surface area contributed by atoms with Gasteiger partial charge in [0, 0.05) is 44.0 Å². The van der Waals surface area contributed by atoms with E-state index in [4.69, 9.17) is 4.42 Å². The first-order valence-corrected chi connectivity index (χ1v) is 10.8. The molecule has 0 spiro atoms. The van der Waals surface area contributed by atoms with Gasteiger partial charge in [0.2, 0.25) is 0 Å². The van der Waals surface area contributed by atoms with Gasteiger partial charge in [0.25, 0.3) is 5.91 Å². The molecule has 1 atom stereocenters. The van der Waals surface area contributed by atoms with Crippen LogP contribution in [0.1, 0.15) is 32.5 Å². The van der Waals surface area contributed by atoms with Crippen LogP contribution in [-0.4, -0.2) is 56.6 Å². The molecule has 1 fully saturated rings. The largest absolute Gasteiger partial charge is 0.468 e. The zero-order valence-corrected chi connectivity index (χ0v) is 18.4. The van der Waals surface area contributed by atoms with E-state index in [2.05, 4.69) is 19.9 Å². The van der Waals surface area contributed by atoms with Gasteiger partial charge < -0.3 is 19.4 Å². The van der Waals surface area contributed by atoms with Crippen LogP contribution >= 0.6 is 0 Å². The number of halogens is 1. The number of carbonyl (C=O) groups is 2. The zero-order valence-electron chi connectivity index (χ0n) is 18.4. The highest BCUT2D eigenvalue weighted by Gasteiger charge is 2.27. The van der Waals surface area contributed by atoms with Crippen molar-refractivity contribution in [3.05, 3.63) is 89.6 Å². The smallest absolute Gasteiger partial charge is 0.337 e. The van der Waals surface area contributed by atoms with Gasteiger partial charge in [-0.2, -0.15) is 0 Å². The minimum Gasteiger partial charge on any atom is -0.468 e. The van der Waals surface area contributed by atoms with E-state index in [1.54, 1.807) is 42.7 Å². The number of piperazine rings is 1. The zero-order chi connectivity index (χ0) is 23.2. The van der Waals surface area contributed by atoms with Gasteiger partial charge in [-0.15, -0.1) is 0 Å². The predicted octanol–water partition coefficient (Wildman–Crippen LogP) is 3.50. The summed E-state index contributed by atoms with van der Waals surface area (Å²) in [6, 6.07) is 16.5. The third kappa shape index (κ3) is 5.40. The van der Waals surface area contributed by atoms with E-state index in [9.17, 15) is 14.0 Å². The van der Waals surface area contributed by atoms with Crippen LogP contribution < -0.4 is 10.2 Å². The molecule has 2 heterocycles. The maximum Gasteiger partial charge on any atom is 0.337 e. The Morgan fingerprint density at radius 3 is 2.27 bits per heavy atom. The summed E-state index contributed by atoms with van der Waals surface area (Å²) in [6.45, 7) is 3.48. The van der Waals surface area contributed by atoms with Crippen molar-refractivity contribution in [1.29, 1.82) is 0 Å². The summed E-state index contributed by atoms with van der Waals surface area (Å²) >= 11 is 0. The van der Waals surface area contributed by atoms with Crippen LogP contribution in [0.15, 0.2) is 71.3 Å². The molecule has 172 valence electrons. The number of rotatable bonds is 7. The third-order valence-corrected chi connectivity index (χ3v) is 5.84. The molecule has 1 aliphatic heterocycles. The lowest BCUT2D eigenvalue weighted by molar-refractivity contribution is 0.0600. The van der Waals surface area contributed by atoms with Crippen LogP contribution in [-0.2, 0) is 4.74 Å². The van der Waals surface area contributed by atoms with E-state index in [-0.39, 0.29) is 17.8 Å². The van der Waals surface area contributed by atoms with Gasteiger partial charge in [0.15, 0.2) is 0 Å². The second kappa shape index (κ2) is 10.3. The molecule has 0 bridgehead atoms. The Morgan fingerprint density at radius 2 is 1.67 bits per heavy atom. The highest BCUT2D eigenvalue weighted by Crippen LogP contribution is 2.24. The molecule has 0 aliphatic carbocycles. The second-order valence-electron chi connectivity index (χ2n) is 7.81. The standard InChI is InChI=1S/C25H26FN3O4/c1-32-25(31)19-6-4-18(5-7-19)24(30)27-17-22(23-3-2-16-33-23)29-14-12-28(13-15-29)21-10-8-20(26)9-11-21/h2-11,16,22H,12-15,17H2,1H3,(H,27,30). The molecule has 1 unspecified atom stereocenters. The van der Waals surface area contributed by atoms with Crippen molar-refractivity contribution in [3.8, 4) is 0 Å². The number of nitrogens with one attached hydrogen (secondary N) is 1. The third-order valence-electron chi connectivity index (χ3n) is 5.84. The van der Waals surface area contributed by atoms with Crippen molar-refractivity contribution in [2.45, 2.75) is 6.04 Å². The fraction of sp³-hybridized carbons (Fsp3) is 0.280. The maximum absolute atomic E-state index is 13.2. The normalized spacial score (nSPS) is 15.2. The van der Waals surface area contributed by atoms with Gasteiger partial charge in [-0.05, 0) is 60.7 Å². The topological polar surface area (TPSA) is 75.0 Å². The molecule has 2 aromatic carbocycles. The van der Waals surface area contributed by atoms with Gasteiger partial charge in [0.1, 0.15) is 11.6 Å². The summed E-state index contributed by atoms with van der Waals surface area (Å²) in [5.41, 5.74) is 1.85. The first-order chi connectivity index (χ1) is 16.0. The molecule has 1 N–H and O–H groups in total. The molecular weight excluding hydrogens is 425 g/mol. The lowest BCUT2D eigenvalue weighted by Crippen LogP contribution is -2.49. The molecule has 8 heteroatoms. The van der Waals surface area contributed by atoms with E-state index < -0.39 is 5.97 Å². The summed E-state index contributed by atoms with van der Waals surface area (Å²) in [5, 5.41) is 2.98. The quantitative estimate of drug-likeness (QED) is 0.555. The Balaban J connectivity index is 1.38. The van der Waals surface area contributed by atoms with Crippen molar-refractivity contribution in [1.82, 2.24) is 10.2 Å². The predicted molar refractivity (Wildman–Crippen MR) is 122 cm³/mol. The number of anilines is 1. The summed E-state index contributed by atoms with van der Waals surface area (Å²) in [5.74, 6) is -0.134. The number of esters is 1. The summed E-state index contributed by atoms with van der Waals surface area (Å²) < 4.78 is 23.6. The Morgan fingerprint density at radius 1 is 1.00 bits per heavy atom. The van der Waals surface area contributed by atoms with Gasteiger partial charge >= 0.3 is 5.97 Å². The minimum absolute atomic E-state index is 0.117. The van der Waals surface area contributed by atoms with Crippen molar-refractivity contribution in [3.63, 3.8) is 0 Å². The molecule has 33 heavy (non-hydrogen) atoms. The van der Waals surface area contributed by atoms with Crippen molar-refractivity contribution >= 4 is 17.6 Å². The van der Waals surface area contributed by atoms with Crippen LogP contribution in [0.3, 0.4) is 0 Å². The molecule has 1 aliphatic rings. The second-order valence-corrected chi connectivity index (χ2v) is 7.81. The van der Waals surface area contributed by atoms with Crippen LogP contribution in [0.5, 0.6) is 0 Å². The van der Waals surface area contributed by atoms with Crippen LogP contribution in [0.25, 0.3) is 0 Å². The number of hydrogen-bond donors (Lipinski definition) is 1. The van der Waals surface area contributed by atoms with E-state index in [1.807, 2.05) is 12.1 Å². The number of carbonyl (C=O) groups excluding carboxylic acids is 2. The number of benzene rings is 2. The van der Waals surface area contributed by atoms with E-state index in [1.165, 1.54) is 19.2 Å². The molecular formula is C25H26FN3O4. The number of methoxy groups -OCH3 is 1. The molecule has 4 rings (SSSR count). The molecule has 3 aromatic rings. The van der Waals surface area contributed by atoms with E-state index in [0.717, 1.165) is 37.6 Å². The van der Waals surface area contributed by atoms with Crippen LogP contribution in [0, 0.1) is 5.82 Å². The fourth-order valence-corrected chi connectivity index (χ4v) is 4.00. The van der Waals surface area contributed by atoms with Gasteiger partial charge in [-0.3, -0.25) is 9.69 Å². The van der Waals surface area contributed by atoms with Crippen LogP contribution in [0.2, 0.25) is 0 Å². The molecule has 1 aromatic heterocycles. The Kier molecular flexibility index (Phi) is 7.04. The lowest BCUT2D eigenvalue weighted by atomic mass is 10.1. The number of hydrogen-bond acceptors (Lipinski definition) is 6. The molecule has 0 radical (unpaired) electrons. The summed E-state index contributed by atoms with van der Waals surface area (Å²) in [7, 11) is 1.32. The Hall–Kier alpha value is -3.65. The first-order valence-electron chi connectivity index (χ1n) is 10.8. The van der Waals surface area contributed by atoms with E-state index >= 15 is 0 Å². The number of nitrogens with zero attached hydrogens (tertiary/aromatic N) is 2. The van der Waals surface area contributed by atoms with Gasteiger partial charge in [0.05, 0.1) is 25.0 Å². The van der Waals surface area contributed by atoms with Crippen LogP contribution in [0.4, 0.5) is 10.1 Å². The minimum atomic E-state index is -0.445. The molecule has 7 nitrogen and oxygen atoms in total. The number of amides is 1. The summed E-state index contributed by atoms with van der Waals surface area (Å²) in [6.07, 6.45) is 1.63. The Labute approximate surface area is 191 Å². The van der Waals surface area contributed by atoms with Crippen molar-refractivity contribution in [2.24, 2.45) is 0 Å². The highest BCUT2D eigenvalue weighted by atomic mass is 19.1. The van der Waals surface area contributed by atoms with Crippen molar-refractivity contribution < 1.29 is 23.1 Å². The number of furan rings is 1. The SMILES string of the molecule is COC(=O)c1ccc(C(=O)NCC(c2ccco2)N2CCN(c3ccc(F)cc3)CC2)cc1. The Bertz CT molecular complexity index is 1060. The molecule has 0 saturated carbocycles. The van der Waals surface area contributed by atoms with Gasteiger partial charge in [-0.25, -0.2) is 9.18 Å². The summed E-state index contributed by atoms with van der Waals surface area (Å²) in [4.78, 5) is 28.8. The highest BCUT2D eigenvalue weighted by molar-refractivity contribution is 5.96. The van der Waals surface area contributed by atoms with Gasteiger partial charge in [-0.1, -0.05) is 0 Å². The number of ether oxygens (including phenoxy) is 1.